The summed E-state index contributed by atoms with van der Waals surface area (Å²) in [5.74, 6) is 0. The van der Waals surface area contributed by atoms with E-state index >= 15 is 0 Å². The smallest absolute Gasteiger partial charge is 0.302 e. The zero-order chi connectivity index (χ0) is 15.2. The number of hydrogen-bond acceptors (Lipinski definition) is 1. The Kier molecular flexibility index (Phi) is 6.01. The van der Waals surface area contributed by atoms with E-state index in [-0.39, 0.29) is 13.0 Å². The fourth-order valence-corrected chi connectivity index (χ4v) is 2.57. The van der Waals surface area contributed by atoms with Gasteiger partial charge in [-0.2, -0.15) is 13.2 Å². The van der Waals surface area contributed by atoms with Crippen LogP contribution in [0.15, 0.2) is 42.1 Å². The summed E-state index contributed by atoms with van der Waals surface area (Å²) in [6, 6.07) is 7.64. The molecule has 0 heterocycles. The minimum atomic E-state index is -4.22. The summed E-state index contributed by atoms with van der Waals surface area (Å²) in [5.41, 5.74) is 2.81. The highest BCUT2D eigenvalue weighted by atomic mass is 28.3. The third-order valence-corrected chi connectivity index (χ3v) is 4.02. The Labute approximate surface area is 119 Å². The van der Waals surface area contributed by atoms with Gasteiger partial charge in [-0.05, 0) is 12.0 Å². The molecule has 1 aromatic carbocycles. The van der Waals surface area contributed by atoms with Gasteiger partial charge in [-0.1, -0.05) is 61.7 Å². The molecule has 1 atom stereocenters. The highest BCUT2D eigenvalue weighted by molar-refractivity contribution is 6.80. The monoisotopic (exact) mass is 301 g/mol. The summed E-state index contributed by atoms with van der Waals surface area (Å²) >= 11 is 0. The topological polar surface area (TPSA) is 12.0 Å². The van der Waals surface area contributed by atoms with Crippen molar-refractivity contribution in [3.8, 4) is 0 Å². The van der Waals surface area contributed by atoms with Crippen LogP contribution in [-0.4, -0.2) is 20.3 Å². The van der Waals surface area contributed by atoms with Crippen LogP contribution < -0.4 is 5.32 Å². The quantitative estimate of drug-likeness (QED) is 0.761. The van der Waals surface area contributed by atoms with E-state index in [9.17, 15) is 13.2 Å². The Morgan fingerprint density at radius 3 is 2.25 bits per heavy atom. The van der Waals surface area contributed by atoms with Gasteiger partial charge in [0.15, 0.2) is 0 Å². The predicted octanol–water partition coefficient (Wildman–Crippen LogP) is 4.53. The second kappa shape index (κ2) is 7.08. The zero-order valence-electron chi connectivity index (χ0n) is 12.2. The molecule has 0 saturated carbocycles. The summed E-state index contributed by atoms with van der Waals surface area (Å²) in [6.45, 7) is 6.53. The molecule has 0 aliphatic heterocycles. The largest absolute Gasteiger partial charge is 0.404 e. The van der Waals surface area contributed by atoms with Crippen LogP contribution in [0.5, 0.6) is 0 Å². The average Bonchev–Trinajstić information content (AvgIpc) is 2.32. The minimum absolute atomic E-state index is 0.0133. The van der Waals surface area contributed by atoms with Crippen molar-refractivity contribution in [2.45, 2.75) is 44.8 Å². The number of rotatable bonds is 6. The van der Waals surface area contributed by atoms with E-state index in [0.717, 1.165) is 5.56 Å². The molecule has 0 aromatic heterocycles. The Hall–Kier alpha value is -1.07. The summed E-state index contributed by atoms with van der Waals surface area (Å²) in [5, 5.41) is 2.60. The maximum Gasteiger partial charge on any atom is 0.404 e. The van der Waals surface area contributed by atoms with Crippen molar-refractivity contribution in [1.29, 1.82) is 0 Å². The fourth-order valence-electron chi connectivity index (χ4n) is 1.73. The summed E-state index contributed by atoms with van der Waals surface area (Å²) < 4.78 is 38.9. The van der Waals surface area contributed by atoms with E-state index in [4.69, 9.17) is 0 Å². The van der Waals surface area contributed by atoms with Crippen LogP contribution >= 0.6 is 0 Å². The third kappa shape index (κ3) is 6.91. The SMILES string of the molecule is C[Si](C)(C)/C=C\CC(NCc1ccccc1)C(F)(F)F. The lowest BCUT2D eigenvalue weighted by Crippen LogP contribution is -2.41. The molecule has 1 rings (SSSR count). The molecule has 0 saturated heterocycles. The van der Waals surface area contributed by atoms with Crippen LogP contribution in [0, 0.1) is 0 Å². The second-order valence-corrected chi connectivity index (χ2v) is 11.0. The Morgan fingerprint density at radius 2 is 1.75 bits per heavy atom. The maximum atomic E-state index is 13.0. The first-order valence-electron chi connectivity index (χ1n) is 6.70. The first kappa shape index (κ1) is 17.0. The number of benzene rings is 1. The third-order valence-electron chi connectivity index (χ3n) is 2.78. The maximum absolute atomic E-state index is 13.0. The van der Waals surface area contributed by atoms with Gasteiger partial charge in [0.1, 0.15) is 6.04 Å². The van der Waals surface area contributed by atoms with Crippen LogP contribution in [0.1, 0.15) is 12.0 Å². The van der Waals surface area contributed by atoms with Gasteiger partial charge in [0.25, 0.3) is 0 Å². The number of nitrogens with one attached hydrogen (secondary N) is 1. The Bertz CT molecular complexity index is 421. The van der Waals surface area contributed by atoms with Crippen molar-refractivity contribution < 1.29 is 13.2 Å². The highest BCUT2D eigenvalue weighted by Gasteiger charge is 2.38. The van der Waals surface area contributed by atoms with E-state index < -0.39 is 20.3 Å². The van der Waals surface area contributed by atoms with Crippen molar-refractivity contribution in [1.82, 2.24) is 5.32 Å². The summed E-state index contributed by atoms with van der Waals surface area (Å²) in [7, 11) is -1.45. The lowest BCUT2D eigenvalue weighted by molar-refractivity contribution is -0.155. The van der Waals surface area contributed by atoms with E-state index in [0.29, 0.717) is 0 Å². The first-order valence-corrected chi connectivity index (χ1v) is 10.3. The molecule has 1 aromatic rings. The van der Waals surface area contributed by atoms with Crippen molar-refractivity contribution in [2.24, 2.45) is 0 Å². The molecule has 0 aliphatic rings. The van der Waals surface area contributed by atoms with Crippen molar-refractivity contribution in [3.05, 3.63) is 47.7 Å². The molecule has 1 nitrogen and oxygen atoms in total. The summed E-state index contributed by atoms with van der Waals surface area (Å²) in [4.78, 5) is 0. The van der Waals surface area contributed by atoms with E-state index in [1.807, 2.05) is 36.0 Å². The first-order chi connectivity index (χ1) is 9.18. The Morgan fingerprint density at radius 1 is 1.15 bits per heavy atom. The number of halogens is 3. The fraction of sp³-hybridized carbons (Fsp3) is 0.467. The van der Waals surface area contributed by atoms with Gasteiger partial charge in [-0.25, -0.2) is 0 Å². The predicted molar refractivity (Wildman–Crippen MR) is 80.2 cm³/mol. The van der Waals surface area contributed by atoms with Crippen LogP contribution in [0.25, 0.3) is 0 Å². The molecular formula is C15H22F3NSi. The second-order valence-electron chi connectivity index (χ2n) is 5.96. The van der Waals surface area contributed by atoms with Gasteiger partial charge < -0.3 is 5.32 Å². The average molecular weight is 301 g/mol. The molecular weight excluding hydrogens is 279 g/mol. The molecule has 1 N–H and O–H groups in total. The molecule has 0 spiro atoms. The normalized spacial score (nSPS) is 14.7. The molecule has 1 unspecified atom stereocenters. The van der Waals surface area contributed by atoms with Crippen LogP contribution in [0.2, 0.25) is 19.6 Å². The van der Waals surface area contributed by atoms with Crippen LogP contribution in [-0.2, 0) is 6.54 Å². The molecule has 20 heavy (non-hydrogen) atoms. The van der Waals surface area contributed by atoms with Gasteiger partial charge in [-0.3, -0.25) is 0 Å². The molecule has 112 valence electrons. The van der Waals surface area contributed by atoms with Crippen molar-refractivity contribution >= 4 is 8.07 Å². The van der Waals surface area contributed by atoms with Gasteiger partial charge in [0.05, 0.1) is 8.07 Å². The number of alkyl halides is 3. The van der Waals surface area contributed by atoms with E-state index in [2.05, 4.69) is 25.0 Å². The molecule has 0 radical (unpaired) electrons. The van der Waals surface area contributed by atoms with E-state index in [1.165, 1.54) is 0 Å². The standard InChI is InChI=1S/C15H22F3NSi/c1-20(2,3)11-7-10-14(15(16,17)18)19-12-13-8-5-4-6-9-13/h4-9,11,14,19H,10,12H2,1-3H3/b11-7-. The van der Waals surface area contributed by atoms with Crippen LogP contribution in [0.3, 0.4) is 0 Å². The highest BCUT2D eigenvalue weighted by Crippen LogP contribution is 2.23. The number of hydrogen-bond donors (Lipinski definition) is 1. The Balaban J connectivity index is 2.60. The summed E-state index contributed by atoms with van der Waals surface area (Å²) in [6.07, 6.45) is -2.57. The van der Waals surface area contributed by atoms with Crippen molar-refractivity contribution in [3.63, 3.8) is 0 Å². The molecule has 0 aliphatic carbocycles. The zero-order valence-corrected chi connectivity index (χ0v) is 13.2. The molecule has 0 amide bonds. The van der Waals surface area contributed by atoms with Gasteiger partial charge in [-0.15, -0.1) is 0 Å². The molecule has 5 heteroatoms. The van der Waals surface area contributed by atoms with Gasteiger partial charge >= 0.3 is 6.18 Å². The van der Waals surface area contributed by atoms with Crippen molar-refractivity contribution in [2.75, 3.05) is 0 Å². The van der Waals surface area contributed by atoms with Crippen LogP contribution in [0.4, 0.5) is 13.2 Å². The molecule has 0 bridgehead atoms. The lowest BCUT2D eigenvalue weighted by atomic mass is 10.1. The minimum Gasteiger partial charge on any atom is -0.302 e. The van der Waals surface area contributed by atoms with Gasteiger partial charge in [0.2, 0.25) is 0 Å². The van der Waals surface area contributed by atoms with E-state index in [1.54, 1.807) is 6.08 Å². The lowest BCUT2D eigenvalue weighted by Gasteiger charge is -2.21. The van der Waals surface area contributed by atoms with Gasteiger partial charge in [0, 0.05) is 6.54 Å². The molecule has 0 fully saturated rings.